The van der Waals surface area contributed by atoms with Gasteiger partial charge in [0.1, 0.15) is 0 Å². The molecule has 0 spiro atoms. The van der Waals surface area contributed by atoms with Gasteiger partial charge in [-0.2, -0.15) is 0 Å². The number of nitrogens with two attached hydrogens (primary N) is 1. The minimum absolute atomic E-state index is 0.0477. The summed E-state index contributed by atoms with van der Waals surface area (Å²) in [6, 6.07) is 13.1. The van der Waals surface area contributed by atoms with Crippen molar-refractivity contribution in [3.8, 4) is 0 Å². The van der Waals surface area contributed by atoms with Gasteiger partial charge in [0.25, 0.3) is 0 Å². The molecule has 0 radical (unpaired) electrons. The molecule has 1 aromatic heterocycles. The van der Waals surface area contributed by atoms with Crippen LogP contribution in [0.1, 0.15) is 36.6 Å². The molecule has 0 aliphatic carbocycles. The Balaban J connectivity index is 1.90. The Hall–Kier alpha value is -2.20. The largest absolute Gasteiger partial charge is 0.350 e. The van der Waals surface area contributed by atoms with Crippen molar-refractivity contribution in [1.29, 1.82) is 0 Å². The summed E-state index contributed by atoms with van der Waals surface area (Å²) in [5.41, 5.74) is 8.04. The Labute approximate surface area is 119 Å². The molecule has 2 unspecified atom stereocenters. The number of rotatable bonds is 5. The normalized spacial score (nSPS) is 13.5. The lowest BCUT2D eigenvalue weighted by molar-refractivity contribution is -0.122. The summed E-state index contributed by atoms with van der Waals surface area (Å²) in [6.07, 6.45) is 3.71. The first-order valence-electron chi connectivity index (χ1n) is 6.66. The molecule has 1 amide bonds. The van der Waals surface area contributed by atoms with E-state index in [1.165, 1.54) is 0 Å². The second-order valence-electron chi connectivity index (χ2n) is 4.79. The minimum Gasteiger partial charge on any atom is -0.350 e. The Bertz CT molecular complexity index is 493. The molecule has 0 saturated heterocycles. The number of amides is 1. The number of aromatic nitrogens is 1. The summed E-state index contributed by atoms with van der Waals surface area (Å²) >= 11 is 0. The number of benzene rings is 1. The second-order valence-corrected chi connectivity index (χ2v) is 4.79. The van der Waals surface area contributed by atoms with Gasteiger partial charge in [-0.25, -0.2) is 0 Å². The van der Waals surface area contributed by atoms with Gasteiger partial charge >= 0.3 is 0 Å². The fraction of sp³-hybridized carbons (Fsp3) is 0.250. The van der Waals surface area contributed by atoms with Crippen LogP contribution in [0, 0.1) is 0 Å². The van der Waals surface area contributed by atoms with Crippen LogP contribution in [-0.2, 0) is 4.79 Å². The molecule has 0 bridgehead atoms. The molecular weight excluding hydrogens is 250 g/mol. The average Bonchev–Trinajstić information content (AvgIpc) is 2.49. The molecule has 4 nitrogen and oxygen atoms in total. The van der Waals surface area contributed by atoms with E-state index in [2.05, 4.69) is 10.3 Å². The van der Waals surface area contributed by atoms with Gasteiger partial charge in [-0.05, 0) is 30.2 Å². The third-order valence-corrected chi connectivity index (χ3v) is 3.22. The molecule has 2 rings (SSSR count). The quantitative estimate of drug-likeness (QED) is 0.875. The van der Waals surface area contributed by atoms with Crippen LogP contribution in [0.15, 0.2) is 54.9 Å². The molecule has 0 aliphatic rings. The fourth-order valence-corrected chi connectivity index (χ4v) is 2.05. The van der Waals surface area contributed by atoms with E-state index in [1.54, 1.807) is 12.4 Å². The lowest BCUT2D eigenvalue weighted by Gasteiger charge is -2.16. The SMILES string of the molecule is CC(NC(=O)CC(N)c1ccccc1)c1ccncc1. The van der Waals surface area contributed by atoms with E-state index in [4.69, 9.17) is 5.73 Å². The van der Waals surface area contributed by atoms with Crippen LogP contribution < -0.4 is 11.1 Å². The standard InChI is InChI=1S/C16H19N3O/c1-12(13-7-9-18-10-8-13)19-16(20)11-15(17)14-5-3-2-4-6-14/h2-10,12,15H,11,17H2,1H3,(H,19,20). The highest BCUT2D eigenvalue weighted by molar-refractivity contribution is 5.77. The zero-order chi connectivity index (χ0) is 14.4. The van der Waals surface area contributed by atoms with Crippen LogP contribution in [-0.4, -0.2) is 10.9 Å². The predicted molar refractivity (Wildman–Crippen MR) is 78.8 cm³/mol. The molecule has 2 atom stereocenters. The monoisotopic (exact) mass is 269 g/mol. The van der Waals surface area contributed by atoms with Crippen LogP contribution in [0.25, 0.3) is 0 Å². The Morgan fingerprint density at radius 1 is 1.15 bits per heavy atom. The van der Waals surface area contributed by atoms with Crippen molar-refractivity contribution < 1.29 is 4.79 Å². The van der Waals surface area contributed by atoms with E-state index in [0.29, 0.717) is 0 Å². The van der Waals surface area contributed by atoms with Crippen LogP contribution in [0.4, 0.5) is 0 Å². The van der Waals surface area contributed by atoms with E-state index in [0.717, 1.165) is 11.1 Å². The van der Waals surface area contributed by atoms with Gasteiger partial charge in [0.05, 0.1) is 6.04 Å². The van der Waals surface area contributed by atoms with E-state index in [-0.39, 0.29) is 24.4 Å². The van der Waals surface area contributed by atoms with E-state index < -0.39 is 0 Å². The Kier molecular flexibility index (Phi) is 4.85. The van der Waals surface area contributed by atoms with Crippen molar-refractivity contribution in [1.82, 2.24) is 10.3 Å². The topological polar surface area (TPSA) is 68.0 Å². The maximum atomic E-state index is 12.0. The molecule has 104 valence electrons. The summed E-state index contributed by atoms with van der Waals surface area (Å²) in [7, 11) is 0. The van der Waals surface area contributed by atoms with Gasteiger partial charge in [-0.1, -0.05) is 30.3 Å². The van der Waals surface area contributed by atoms with Crippen LogP contribution in [0.2, 0.25) is 0 Å². The molecule has 0 fully saturated rings. The van der Waals surface area contributed by atoms with E-state index >= 15 is 0 Å². The van der Waals surface area contributed by atoms with Gasteiger partial charge < -0.3 is 11.1 Å². The first kappa shape index (κ1) is 14.2. The number of hydrogen-bond acceptors (Lipinski definition) is 3. The zero-order valence-electron chi connectivity index (χ0n) is 11.5. The molecule has 0 saturated carbocycles. The summed E-state index contributed by atoms with van der Waals surface area (Å²) in [5, 5.41) is 2.95. The molecule has 20 heavy (non-hydrogen) atoms. The van der Waals surface area contributed by atoms with Crippen molar-refractivity contribution in [2.45, 2.75) is 25.4 Å². The minimum atomic E-state index is -0.277. The first-order chi connectivity index (χ1) is 9.66. The summed E-state index contributed by atoms with van der Waals surface area (Å²) in [5.74, 6) is -0.0503. The molecule has 2 aromatic rings. The molecule has 3 N–H and O–H groups in total. The third-order valence-electron chi connectivity index (χ3n) is 3.22. The Morgan fingerprint density at radius 3 is 2.45 bits per heavy atom. The third kappa shape index (κ3) is 3.90. The highest BCUT2D eigenvalue weighted by atomic mass is 16.1. The summed E-state index contributed by atoms with van der Waals surface area (Å²) in [6.45, 7) is 1.95. The molecular formula is C16H19N3O. The number of carbonyl (C=O) groups is 1. The summed E-state index contributed by atoms with van der Waals surface area (Å²) in [4.78, 5) is 16.0. The van der Waals surface area contributed by atoms with Gasteiger partial charge in [0, 0.05) is 24.9 Å². The van der Waals surface area contributed by atoms with Gasteiger partial charge in [-0.3, -0.25) is 9.78 Å². The number of nitrogens with zero attached hydrogens (tertiary/aromatic N) is 1. The number of nitrogens with one attached hydrogen (secondary N) is 1. The van der Waals surface area contributed by atoms with Crippen molar-refractivity contribution >= 4 is 5.91 Å². The van der Waals surface area contributed by atoms with Crippen molar-refractivity contribution in [2.24, 2.45) is 5.73 Å². The molecule has 1 heterocycles. The average molecular weight is 269 g/mol. The number of carbonyl (C=O) groups excluding carboxylic acids is 1. The highest BCUT2D eigenvalue weighted by Crippen LogP contribution is 2.15. The van der Waals surface area contributed by atoms with Crippen molar-refractivity contribution in [3.05, 3.63) is 66.0 Å². The van der Waals surface area contributed by atoms with Crippen LogP contribution >= 0.6 is 0 Å². The smallest absolute Gasteiger partial charge is 0.222 e. The van der Waals surface area contributed by atoms with E-state index in [9.17, 15) is 4.79 Å². The maximum absolute atomic E-state index is 12.0. The van der Waals surface area contributed by atoms with Crippen LogP contribution in [0.5, 0.6) is 0 Å². The van der Waals surface area contributed by atoms with Crippen LogP contribution in [0.3, 0.4) is 0 Å². The molecule has 1 aromatic carbocycles. The second kappa shape index (κ2) is 6.82. The summed E-state index contributed by atoms with van der Waals surface area (Å²) < 4.78 is 0. The van der Waals surface area contributed by atoms with E-state index in [1.807, 2.05) is 49.4 Å². The Morgan fingerprint density at radius 2 is 1.80 bits per heavy atom. The predicted octanol–water partition coefficient (Wildman–Crippen LogP) is 2.35. The van der Waals surface area contributed by atoms with Crippen molar-refractivity contribution in [3.63, 3.8) is 0 Å². The molecule has 0 aliphatic heterocycles. The number of pyridine rings is 1. The lowest BCUT2D eigenvalue weighted by Crippen LogP contribution is -2.29. The first-order valence-corrected chi connectivity index (χ1v) is 6.66. The zero-order valence-corrected chi connectivity index (χ0v) is 11.5. The van der Waals surface area contributed by atoms with Gasteiger partial charge in [-0.15, -0.1) is 0 Å². The van der Waals surface area contributed by atoms with Crippen molar-refractivity contribution in [2.75, 3.05) is 0 Å². The lowest BCUT2D eigenvalue weighted by atomic mass is 10.0. The fourth-order valence-electron chi connectivity index (χ4n) is 2.05. The van der Waals surface area contributed by atoms with Gasteiger partial charge in [0.15, 0.2) is 0 Å². The maximum Gasteiger partial charge on any atom is 0.222 e. The number of hydrogen-bond donors (Lipinski definition) is 2. The van der Waals surface area contributed by atoms with Gasteiger partial charge in [0.2, 0.25) is 5.91 Å². The highest BCUT2D eigenvalue weighted by Gasteiger charge is 2.14. The molecule has 4 heteroatoms.